The first kappa shape index (κ1) is 8.12. The van der Waals surface area contributed by atoms with Crippen molar-refractivity contribution in [1.29, 1.82) is 0 Å². The number of rotatable bonds is 3. The van der Waals surface area contributed by atoms with Gasteiger partial charge in [-0.3, -0.25) is 0 Å². The average Bonchev–Trinajstić information content (AvgIpc) is 1.89. The molecule has 0 N–H and O–H groups in total. The van der Waals surface area contributed by atoms with Crippen LogP contribution in [0.5, 0.6) is 0 Å². The lowest BCUT2D eigenvalue weighted by Crippen LogP contribution is -1.70. The molecule has 0 radical (unpaired) electrons. The maximum Gasteiger partial charge on any atom is 0.0942 e. The summed E-state index contributed by atoms with van der Waals surface area (Å²) < 4.78 is 0. The highest BCUT2D eigenvalue weighted by Crippen LogP contribution is 1.74. The second-order valence-electron chi connectivity index (χ2n) is 1.59. The lowest BCUT2D eigenvalue weighted by molar-refractivity contribution is 0.937. The minimum atomic E-state index is 0.820. The van der Waals surface area contributed by atoms with E-state index in [1.165, 1.54) is 0 Å². The topological polar surface area (TPSA) is 24.7 Å². The molecule has 0 fully saturated rings. The summed E-state index contributed by atoms with van der Waals surface area (Å²) in [6, 6.07) is 2.55. The third-order valence-corrected chi connectivity index (χ3v) is 0.687. The summed E-state index contributed by atoms with van der Waals surface area (Å²) in [5.41, 5.74) is 0. The maximum atomic E-state index is 3.86. The Bertz CT molecular complexity index is 130. The normalized spacial score (nSPS) is 9.11. The summed E-state index contributed by atoms with van der Waals surface area (Å²) in [5, 5.41) is 0. The Labute approximate surface area is 56.0 Å². The van der Waals surface area contributed by atoms with Crippen LogP contribution in [0.2, 0.25) is 0 Å². The first-order valence-electron chi connectivity index (χ1n) is 3.14. The molecule has 0 atom stereocenters. The molecule has 0 spiro atoms. The Morgan fingerprint density at radius 1 is 1.56 bits per heavy atom. The molecule has 0 saturated carbocycles. The van der Waals surface area contributed by atoms with Crippen molar-refractivity contribution in [2.24, 2.45) is 9.98 Å². The van der Waals surface area contributed by atoms with Gasteiger partial charge in [0.2, 0.25) is 0 Å². The van der Waals surface area contributed by atoms with Crippen LogP contribution in [0.25, 0.3) is 0 Å². The van der Waals surface area contributed by atoms with Crippen molar-refractivity contribution in [3.8, 4) is 0 Å². The van der Waals surface area contributed by atoms with Gasteiger partial charge in [0.25, 0.3) is 0 Å². The summed E-state index contributed by atoms with van der Waals surface area (Å²) in [6.45, 7) is 4.80. The molecule has 0 aliphatic carbocycles. The summed E-state index contributed by atoms with van der Waals surface area (Å²) in [7, 11) is 0. The predicted molar refractivity (Wildman–Crippen MR) is 39.8 cm³/mol. The smallest absolute Gasteiger partial charge is 0.0942 e. The van der Waals surface area contributed by atoms with Crippen LogP contribution in [-0.2, 0) is 0 Å². The van der Waals surface area contributed by atoms with E-state index in [2.05, 4.69) is 22.9 Å². The van der Waals surface area contributed by atoms with Gasteiger partial charge in [0.1, 0.15) is 0 Å². The number of allylic oxidation sites excluding steroid dienone is 1. The highest BCUT2D eigenvalue weighted by Gasteiger charge is 1.66. The Hall–Kier alpha value is -0.880. The van der Waals surface area contributed by atoms with E-state index in [0.717, 1.165) is 13.0 Å². The monoisotopic (exact) mass is 124 g/mol. The highest BCUT2D eigenvalue weighted by molar-refractivity contribution is 5.42. The molecule has 0 unspecified atom stereocenters. The van der Waals surface area contributed by atoms with E-state index in [0.29, 0.717) is 0 Å². The largest absolute Gasteiger partial charge is 0.225 e. The molecule has 0 aliphatic rings. The number of hydrogen-bond acceptors (Lipinski definition) is 2. The fourth-order valence-electron chi connectivity index (χ4n) is 0.310. The molecule has 0 amide bonds. The molecule has 0 saturated heterocycles. The van der Waals surface area contributed by atoms with Crippen LogP contribution in [0.3, 0.4) is 0 Å². The van der Waals surface area contributed by atoms with Crippen molar-refractivity contribution in [3.05, 3.63) is 12.3 Å². The quantitative estimate of drug-likeness (QED) is 0.515. The molecule has 0 aromatic heterocycles. The molecule has 0 aliphatic heterocycles. The first-order chi connectivity index (χ1) is 4.41. The van der Waals surface area contributed by atoms with E-state index in [-0.39, 0.29) is 0 Å². The van der Waals surface area contributed by atoms with Crippen molar-refractivity contribution in [1.82, 2.24) is 0 Å². The molecule has 2 heteroatoms. The molecule has 0 rings (SSSR count). The van der Waals surface area contributed by atoms with Crippen LogP contribution in [0.15, 0.2) is 22.3 Å². The van der Waals surface area contributed by atoms with E-state index in [1.807, 2.05) is 13.0 Å². The second kappa shape index (κ2) is 7.12. The first-order valence-corrected chi connectivity index (χ1v) is 3.14. The van der Waals surface area contributed by atoms with Gasteiger partial charge in [0.15, 0.2) is 0 Å². The van der Waals surface area contributed by atoms with Crippen LogP contribution >= 0.6 is 0 Å². The number of nitrogens with zero attached hydrogens (tertiary/aromatic N) is 2. The SMILES string of the molecule is CC=CN=C=NCCC. The van der Waals surface area contributed by atoms with Gasteiger partial charge in [-0.05, 0) is 13.3 Å². The third kappa shape index (κ3) is 7.12. The minimum Gasteiger partial charge on any atom is -0.225 e. The summed E-state index contributed by atoms with van der Waals surface area (Å²) in [4.78, 5) is 7.59. The minimum absolute atomic E-state index is 0.820. The zero-order valence-corrected chi connectivity index (χ0v) is 5.96. The van der Waals surface area contributed by atoms with Gasteiger partial charge in [-0.2, -0.15) is 4.99 Å². The molecule has 50 valence electrons. The average molecular weight is 124 g/mol. The molecule has 0 heterocycles. The predicted octanol–water partition coefficient (Wildman–Crippen LogP) is 2.10. The van der Waals surface area contributed by atoms with Crippen LogP contribution in [-0.4, -0.2) is 12.6 Å². The zero-order valence-electron chi connectivity index (χ0n) is 5.96. The van der Waals surface area contributed by atoms with Crippen LogP contribution in [0, 0.1) is 0 Å². The van der Waals surface area contributed by atoms with E-state index in [9.17, 15) is 0 Å². The van der Waals surface area contributed by atoms with Gasteiger partial charge in [0, 0.05) is 12.7 Å². The van der Waals surface area contributed by atoms with Gasteiger partial charge in [0.05, 0.1) is 6.01 Å². The van der Waals surface area contributed by atoms with E-state index in [1.54, 1.807) is 6.20 Å². The van der Waals surface area contributed by atoms with Crippen molar-refractivity contribution < 1.29 is 0 Å². The van der Waals surface area contributed by atoms with E-state index < -0.39 is 0 Å². The van der Waals surface area contributed by atoms with E-state index >= 15 is 0 Å². The maximum absolute atomic E-state index is 3.86. The molecule has 9 heavy (non-hydrogen) atoms. The summed E-state index contributed by atoms with van der Waals surface area (Å²) >= 11 is 0. The van der Waals surface area contributed by atoms with Crippen molar-refractivity contribution >= 4 is 6.01 Å². The van der Waals surface area contributed by atoms with Crippen LogP contribution in [0.4, 0.5) is 0 Å². The van der Waals surface area contributed by atoms with E-state index in [4.69, 9.17) is 0 Å². The molecule has 0 aromatic rings. The Morgan fingerprint density at radius 2 is 2.33 bits per heavy atom. The fourth-order valence-corrected chi connectivity index (χ4v) is 0.310. The van der Waals surface area contributed by atoms with Crippen LogP contribution < -0.4 is 0 Å². The lowest BCUT2D eigenvalue weighted by Gasteiger charge is -1.75. The third-order valence-electron chi connectivity index (χ3n) is 0.687. The highest BCUT2D eigenvalue weighted by atomic mass is 14.8. The summed E-state index contributed by atoms with van der Waals surface area (Å²) in [6.07, 6.45) is 4.56. The van der Waals surface area contributed by atoms with Gasteiger partial charge < -0.3 is 0 Å². The molecule has 2 nitrogen and oxygen atoms in total. The van der Waals surface area contributed by atoms with Gasteiger partial charge in [-0.1, -0.05) is 13.0 Å². The number of aliphatic imine (C=N–C) groups is 2. The van der Waals surface area contributed by atoms with Crippen molar-refractivity contribution in [3.63, 3.8) is 0 Å². The zero-order chi connectivity index (χ0) is 6.95. The van der Waals surface area contributed by atoms with Gasteiger partial charge >= 0.3 is 0 Å². The number of hydrogen-bond donors (Lipinski definition) is 0. The Balaban J connectivity index is 3.41. The molecule has 0 aromatic carbocycles. The Morgan fingerprint density at radius 3 is 2.89 bits per heavy atom. The Kier molecular flexibility index (Phi) is 6.42. The second-order valence-corrected chi connectivity index (χ2v) is 1.59. The van der Waals surface area contributed by atoms with Gasteiger partial charge in [-0.15, -0.1) is 0 Å². The van der Waals surface area contributed by atoms with Crippen LogP contribution in [0.1, 0.15) is 20.3 Å². The van der Waals surface area contributed by atoms with Crippen molar-refractivity contribution in [2.45, 2.75) is 20.3 Å². The molecular formula is C7H12N2. The fraction of sp³-hybridized carbons (Fsp3) is 0.571. The van der Waals surface area contributed by atoms with Gasteiger partial charge in [-0.25, -0.2) is 4.99 Å². The van der Waals surface area contributed by atoms with Crippen molar-refractivity contribution in [2.75, 3.05) is 6.54 Å². The molecule has 0 bridgehead atoms. The molecular weight excluding hydrogens is 112 g/mol. The summed E-state index contributed by atoms with van der Waals surface area (Å²) in [5.74, 6) is 0. The standard InChI is InChI=1S/C7H12N2/c1-3-5-8-7-9-6-4-2/h3,5H,4,6H2,1-2H3. The lowest BCUT2D eigenvalue weighted by atomic mass is 10.5.